The molecule has 0 radical (unpaired) electrons. The van der Waals surface area contributed by atoms with E-state index in [9.17, 15) is 33.7 Å². The van der Waals surface area contributed by atoms with Crippen LogP contribution in [0.3, 0.4) is 0 Å². The Kier molecular flexibility index (Phi) is 25.2. The van der Waals surface area contributed by atoms with Crippen molar-refractivity contribution in [2.75, 3.05) is 89.5 Å². The zero-order valence-corrected chi connectivity index (χ0v) is 67.0. The van der Waals surface area contributed by atoms with Crippen LogP contribution < -0.4 is 48.2 Å². The molecule has 0 fully saturated rings. The molecule has 0 bridgehead atoms. The summed E-state index contributed by atoms with van der Waals surface area (Å²) in [6.07, 6.45) is -3.96. The van der Waals surface area contributed by atoms with Crippen LogP contribution in [0.1, 0.15) is 20.8 Å². The number of ether oxygens (including phenoxy) is 5. The molecule has 0 saturated heterocycles. The smallest absolute Gasteiger partial charge is 0.295 e. The number of benzene rings is 5. The summed E-state index contributed by atoms with van der Waals surface area (Å²) in [5.41, 5.74) is -17.3. The van der Waals surface area contributed by atoms with Gasteiger partial charge in [-0.3, -0.25) is 32.4 Å². The zero-order chi connectivity index (χ0) is 81.0. The number of anilines is 5. The molecule has 0 saturated carbocycles. The van der Waals surface area contributed by atoms with Gasteiger partial charge in [0.25, 0.3) is 87.8 Å². The molecular formula is C63H58F5N15O18S10. The van der Waals surface area contributed by atoms with Crippen molar-refractivity contribution in [3.05, 3.63) is 150 Å². The molecule has 5 aromatic heterocycles. The number of hydrogen-bond acceptors (Lipinski definition) is 33. The minimum absolute atomic E-state index is 0.0134. The fourth-order valence-corrected chi connectivity index (χ4v) is 17.8. The predicted molar refractivity (Wildman–Crippen MR) is 395 cm³/mol. The summed E-state index contributed by atoms with van der Waals surface area (Å²) in [4.78, 5) is 116. The quantitative estimate of drug-likeness (QED) is 0.0408. The average molecular weight is 1730 g/mol. The molecule has 5 aromatic carbocycles. The van der Waals surface area contributed by atoms with E-state index in [-0.39, 0.29) is 57.7 Å². The maximum Gasteiger partial charge on any atom is 0.295 e. The second-order valence-electron chi connectivity index (χ2n) is 23.2. The van der Waals surface area contributed by atoms with E-state index in [1.165, 1.54) is 13.8 Å². The molecule has 111 heavy (non-hydrogen) atoms. The zero-order valence-electron chi connectivity index (χ0n) is 58.9. The van der Waals surface area contributed by atoms with Gasteiger partial charge >= 0.3 is 0 Å². The molecule has 7 unspecified atom stereocenters. The van der Waals surface area contributed by atoms with Crippen LogP contribution in [0.2, 0.25) is 0 Å². The summed E-state index contributed by atoms with van der Waals surface area (Å²) in [6, 6.07) is 17.2. The molecule has 588 valence electrons. The van der Waals surface area contributed by atoms with Crippen molar-refractivity contribution in [3.8, 4) is 26.0 Å². The van der Waals surface area contributed by atoms with Gasteiger partial charge in [0.2, 0.25) is 52.0 Å². The van der Waals surface area contributed by atoms with Crippen LogP contribution in [0.25, 0.3) is 0 Å². The first-order chi connectivity index (χ1) is 52.3. The van der Waals surface area contributed by atoms with Crippen molar-refractivity contribution >= 4 is 167 Å². The second-order valence-corrected chi connectivity index (χ2v) is 35.3. The third-order valence-corrected chi connectivity index (χ3v) is 24.3. The number of carbonyl (C=O) groups excluding carboxylic acids is 5. The normalized spacial score (nSPS) is 14.5. The molecule has 0 aliphatic carbocycles. The molecule has 10 rings (SSSR count). The van der Waals surface area contributed by atoms with Crippen LogP contribution >= 0.6 is 57.7 Å². The maximum atomic E-state index is 19.1. The SMILES string of the molecule is CCN(C(=O)C(Oc1nc(S(C)(=O)=O)ns1)C(Oc1nc(S(C)=O)ns1)(C(=O)N(CC)c1ccc(F)cc1)C(Oc1nc(S(=O)(=O)CC)ns1)(C(=O)N(C)c1ccc(F)cc1)C(Oc1nc(S(C)(=O)=O)ns1)(C(=O)N(C)c1ccc(F)cc1)C(Oc1nc(S(C)=O)ns1)C(=O)N(C)c1ccc(F)cc1)c1ccc(F)cc1. The number of carbonyl (C=O) groups is 5. The molecule has 0 aliphatic rings. The van der Waals surface area contributed by atoms with Gasteiger partial charge in [-0.05, 0) is 135 Å². The van der Waals surface area contributed by atoms with Crippen molar-refractivity contribution in [1.82, 2.24) is 46.8 Å². The van der Waals surface area contributed by atoms with E-state index in [1.54, 1.807) is 0 Å². The van der Waals surface area contributed by atoms with E-state index >= 15 is 45.9 Å². The summed E-state index contributed by atoms with van der Waals surface area (Å²) in [5, 5.41) is -11.1. The van der Waals surface area contributed by atoms with Gasteiger partial charge in [-0.15, -0.1) is 0 Å². The van der Waals surface area contributed by atoms with Crippen molar-refractivity contribution in [2.45, 2.75) is 75.6 Å². The van der Waals surface area contributed by atoms with Gasteiger partial charge in [-0.1, -0.05) is 6.92 Å². The molecule has 0 N–H and O–H groups in total. The number of amides is 5. The van der Waals surface area contributed by atoms with Crippen molar-refractivity contribution in [3.63, 3.8) is 0 Å². The Hall–Kier alpha value is -9.95. The number of rotatable bonds is 32. The Bertz CT molecular complexity index is 5540. The predicted octanol–water partition coefficient (Wildman–Crippen LogP) is 6.46. The average Bonchev–Trinajstić information content (AvgIpc) is 1.06. The van der Waals surface area contributed by atoms with Gasteiger partial charge in [0, 0.05) is 145 Å². The molecule has 48 heteroatoms. The lowest BCUT2D eigenvalue weighted by Crippen LogP contribution is -2.92. The fraction of sp³-hybridized carbons (Fsp3) is 0.286. The van der Waals surface area contributed by atoms with Crippen LogP contribution in [0.15, 0.2) is 147 Å². The Labute approximate surface area is 653 Å². The molecule has 33 nitrogen and oxygen atoms in total. The van der Waals surface area contributed by atoms with Gasteiger partial charge in [-0.2, -0.15) is 46.8 Å². The lowest BCUT2D eigenvalue weighted by Gasteiger charge is -2.57. The first-order valence-electron chi connectivity index (χ1n) is 31.5. The standard InChI is InChI=1S/C63H58F5N15O18S10/c1-11-82(42-30-20-37(67)21-31-42)47(85)45(98-57-71-53(76-103-57)109(9,91)92)62(99-58-70-52(75-104-58)108(8)90,49(87)83(12-2)43-32-22-38(68)23-33-43)63(50(88)81(6)41-28-18-36(66)19-29-41,101-60-73-55(78-106-60)111(95,96)13-3)61(100-59-72-54(77-105-59)110(10,93)94,48(86)80(5)40-26-16-35(65)17-27-40)44(97-56-69-51(74-102-56)107(7)89)46(84)79(4)39-24-14-34(64)15-25-39/h14-33,44-45H,11-13H2,1-10H3. The van der Waals surface area contributed by atoms with Crippen LogP contribution in [0.4, 0.5) is 50.4 Å². The lowest BCUT2D eigenvalue weighted by molar-refractivity contribution is -0.237. The van der Waals surface area contributed by atoms with Crippen LogP contribution in [0.5, 0.6) is 26.0 Å². The highest BCUT2D eigenvalue weighted by Crippen LogP contribution is 2.54. The van der Waals surface area contributed by atoms with E-state index in [2.05, 4.69) is 46.8 Å². The Morgan fingerprint density at radius 3 is 1.14 bits per heavy atom. The number of nitrogens with zero attached hydrogens (tertiary/aromatic N) is 15. The second kappa shape index (κ2) is 33.5. The first-order valence-corrected chi connectivity index (χ1v) is 43.9. The van der Waals surface area contributed by atoms with Gasteiger partial charge < -0.3 is 48.2 Å². The monoisotopic (exact) mass is 1730 g/mol. The van der Waals surface area contributed by atoms with E-state index < -0.39 is 238 Å². The fourth-order valence-electron chi connectivity index (χ4n) is 10.7. The van der Waals surface area contributed by atoms with E-state index in [0.717, 1.165) is 162 Å². The van der Waals surface area contributed by atoms with Crippen molar-refractivity contribution < 1.29 is 103 Å². The third-order valence-electron chi connectivity index (χ3n) is 16.1. The number of aromatic nitrogens is 10. The maximum absolute atomic E-state index is 19.1. The topological polar surface area (TPSA) is 413 Å². The minimum atomic E-state index is -5.09. The molecule has 5 heterocycles. The van der Waals surface area contributed by atoms with Gasteiger partial charge in [0.15, 0.2) is 0 Å². The number of sulfone groups is 3. The van der Waals surface area contributed by atoms with E-state index in [0.29, 0.717) is 37.0 Å². The molecule has 7 atom stereocenters. The highest BCUT2D eigenvalue weighted by Gasteiger charge is 2.89. The van der Waals surface area contributed by atoms with E-state index in [4.69, 9.17) is 23.7 Å². The summed E-state index contributed by atoms with van der Waals surface area (Å²) in [5.74, 6) is -16.1. The molecule has 5 amide bonds. The Balaban J connectivity index is 1.64. The van der Waals surface area contributed by atoms with Crippen molar-refractivity contribution in [1.29, 1.82) is 0 Å². The van der Waals surface area contributed by atoms with Crippen LogP contribution in [-0.2, 0) is 75.1 Å². The van der Waals surface area contributed by atoms with Crippen LogP contribution in [0, 0.1) is 29.1 Å². The lowest BCUT2D eigenvalue weighted by atomic mass is 9.62. The van der Waals surface area contributed by atoms with Gasteiger partial charge in [0.1, 0.15) is 29.1 Å². The minimum Gasteiger partial charge on any atom is -0.450 e. The summed E-state index contributed by atoms with van der Waals surface area (Å²) in [6.45, 7) is 1.98. The first kappa shape index (κ1) is 83.5. The molecule has 0 aliphatic heterocycles. The number of halogens is 5. The number of hydrogen-bond donors (Lipinski definition) is 0. The highest BCUT2D eigenvalue weighted by molar-refractivity contribution is 7.91. The van der Waals surface area contributed by atoms with Crippen LogP contribution in [-0.4, -0.2) is 204 Å². The Morgan fingerprint density at radius 1 is 0.414 bits per heavy atom. The van der Waals surface area contributed by atoms with Crippen molar-refractivity contribution in [2.24, 2.45) is 0 Å². The van der Waals surface area contributed by atoms with E-state index in [1.807, 2.05) is 0 Å². The molecule has 0 spiro atoms. The summed E-state index contributed by atoms with van der Waals surface area (Å²) in [7, 11) is -16.4. The summed E-state index contributed by atoms with van der Waals surface area (Å²) < 4.78 is 245. The highest BCUT2D eigenvalue weighted by atomic mass is 32.2. The van der Waals surface area contributed by atoms with Gasteiger partial charge in [-0.25, -0.2) is 47.2 Å². The largest absolute Gasteiger partial charge is 0.450 e. The molecule has 10 aromatic rings. The molecular weight excluding hydrogens is 1670 g/mol. The summed E-state index contributed by atoms with van der Waals surface area (Å²) >= 11 is -0.168. The van der Waals surface area contributed by atoms with Gasteiger partial charge in [0.05, 0.1) is 27.4 Å². The Morgan fingerprint density at radius 2 is 0.730 bits per heavy atom. The number of likely N-dealkylation sites (N-methyl/N-ethyl adjacent to an activating group) is 5. The third kappa shape index (κ3) is 17.1.